The third kappa shape index (κ3) is 10.2. The normalized spacial score (nSPS) is 15.3. The predicted octanol–water partition coefficient (Wildman–Crippen LogP) is 5.48. The van der Waals surface area contributed by atoms with Crippen LogP contribution in [0.25, 0.3) is 0 Å². The van der Waals surface area contributed by atoms with Crippen LogP contribution in [0.5, 0.6) is 0 Å². The summed E-state index contributed by atoms with van der Waals surface area (Å²) in [5, 5.41) is 12.6. The second-order valence-electron chi connectivity index (χ2n) is 11.6. The summed E-state index contributed by atoms with van der Waals surface area (Å²) in [5.74, 6) is -1.67. The van der Waals surface area contributed by atoms with E-state index in [0.29, 0.717) is 24.1 Å². The molecular formula is C26H46N2O6SSi. The van der Waals surface area contributed by atoms with Gasteiger partial charge >= 0.3 is 5.97 Å². The van der Waals surface area contributed by atoms with Crippen molar-refractivity contribution in [1.82, 2.24) is 5.32 Å². The summed E-state index contributed by atoms with van der Waals surface area (Å²) < 4.78 is 33.6. The van der Waals surface area contributed by atoms with Crippen LogP contribution in [0.4, 0.5) is 5.69 Å². The average Bonchev–Trinajstić information content (AvgIpc) is 2.71. The molecule has 1 rings (SSSR count). The standard InChI is InChI=1S/C26H46N2O6SSi/c1-10-14-35(32,33)28-21-13-11-12-20(17-21)24(29)27-22(15-18(2)3)23(16-19(4)25(30)31)34-36(8,9)26(5,6)7/h11-13,17-19,22-23,28H,10,14-16H2,1-9H3,(H,27,29)(H,30,31)/t19-,22+,23+/m1/s1. The second-order valence-corrected chi connectivity index (χ2v) is 18.2. The summed E-state index contributed by atoms with van der Waals surface area (Å²) in [6.45, 7) is 18.1. The number of carbonyl (C=O) groups excluding carboxylic acids is 1. The molecule has 0 aromatic heterocycles. The molecule has 8 nitrogen and oxygen atoms in total. The molecule has 0 aliphatic carbocycles. The highest BCUT2D eigenvalue weighted by molar-refractivity contribution is 7.92. The lowest BCUT2D eigenvalue weighted by Gasteiger charge is -2.42. The van der Waals surface area contributed by atoms with Gasteiger partial charge in [-0.1, -0.05) is 54.5 Å². The van der Waals surface area contributed by atoms with Crippen molar-refractivity contribution in [1.29, 1.82) is 0 Å². The highest BCUT2D eigenvalue weighted by Crippen LogP contribution is 2.38. The van der Waals surface area contributed by atoms with Crippen molar-refractivity contribution < 1.29 is 27.5 Å². The monoisotopic (exact) mass is 542 g/mol. The van der Waals surface area contributed by atoms with Crippen molar-refractivity contribution in [3.05, 3.63) is 29.8 Å². The number of nitrogens with one attached hydrogen (secondary N) is 2. The number of carbonyl (C=O) groups is 2. The molecule has 1 amide bonds. The zero-order chi connectivity index (χ0) is 27.9. The van der Waals surface area contributed by atoms with E-state index in [1.807, 2.05) is 13.8 Å². The van der Waals surface area contributed by atoms with Crippen LogP contribution < -0.4 is 10.0 Å². The Morgan fingerprint density at radius 1 is 1.11 bits per heavy atom. The van der Waals surface area contributed by atoms with E-state index < -0.39 is 42.4 Å². The third-order valence-electron chi connectivity index (χ3n) is 6.62. The number of amides is 1. The van der Waals surface area contributed by atoms with E-state index in [1.54, 1.807) is 32.0 Å². The van der Waals surface area contributed by atoms with Crippen LogP contribution in [0.3, 0.4) is 0 Å². The summed E-state index contributed by atoms with van der Waals surface area (Å²) in [4.78, 5) is 25.0. The quantitative estimate of drug-likeness (QED) is 0.268. The minimum absolute atomic E-state index is 0.00583. The highest BCUT2D eigenvalue weighted by atomic mass is 32.2. The first-order valence-electron chi connectivity index (χ1n) is 12.7. The Morgan fingerprint density at radius 3 is 2.22 bits per heavy atom. The molecule has 1 aromatic rings. The molecule has 0 bridgehead atoms. The number of carboxylic acids is 1. The number of carboxylic acid groups (broad SMARTS) is 1. The summed E-state index contributed by atoms with van der Waals surface area (Å²) in [7, 11) is -5.77. The lowest BCUT2D eigenvalue weighted by molar-refractivity contribution is -0.142. The molecule has 0 heterocycles. The van der Waals surface area contributed by atoms with Crippen molar-refractivity contribution in [2.24, 2.45) is 11.8 Å². The van der Waals surface area contributed by atoms with Crippen molar-refractivity contribution in [3.8, 4) is 0 Å². The highest BCUT2D eigenvalue weighted by Gasteiger charge is 2.42. The van der Waals surface area contributed by atoms with Crippen LogP contribution in [0.1, 0.15) is 78.1 Å². The van der Waals surface area contributed by atoms with Crippen molar-refractivity contribution in [2.45, 2.75) is 98.0 Å². The summed E-state index contributed by atoms with van der Waals surface area (Å²) in [6.07, 6.45) is 0.891. The minimum atomic E-state index is -3.49. The molecule has 0 radical (unpaired) electrons. The molecule has 0 aliphatic rings. The first kappa shape index (κ1) is 32.1. The maximum absolute atomic E-state index is 13.3. The third-order valence-corrected chi connectivity index (χ3v) is 12.6. The zero-order valence-corrected chi connectivity index (χ0v) is 25.2. The van der Waals surface area contributed by atoms with Crippen LogP contribution >= 0.6 is 0 Å². The number of benzene rings is 1. The van der Waals surface area contributed by atoms with Gasteiger partial charge in [0.1, 0.15) is 0 Å². The fourth-order valence-corrected chi connectivity index (χ4v) is 6.08. The Labute approximate surface area is 218 Å². The fourth-order valence-electron chi connectivity index (χ4n) is 3.59. The van der Waals surface area contributed by atoms with Gasteiger partial charge in [-0.05, 0) is 61.5 Å². The Balaban J connectivity index is 3.29. The molecule has 3 atom stereocenters. The van der Waals surface area contributed by atoms with Crippen LogP contribution in [-0.2, 0) is 19.2 Å². The molecule has 10 heteroatoms. The lowest BCUT2D eigenvalue weighted by atomic mass is 9.92. The van der Waals surface area contributed by atoms with Gasteiger partial charge in [0, 0.05) is 11.3 Å². The van der Waals surface area contributed by atoms with Gasteiger partial charge in [-0.25, -0.2) is 8.42 Å². The number of hydrogen-bond acceptors (Lipinski definition) is 5. The maximum atomic E-state index is 13.3. The van der Waals surface area contributed by atoms with Gasteiger partial charge in [-0.3, -0.25) is 14.3 Å². The van der Waals surface area contributed by atoms with Crippen molar-refractivity contribution in [2.75, 3.05) is 10.5 Å². The SMILES string of the molecule is CCCS(=O)(=O)Nc1cccc(C(=O)N[C@@H](CC(C)C)[C@H](C[C@@H](C)C(=O)O)O[Si](C)(C)C(C)(C)C)c1. The van der Waals surface area contributed by atoms with Gasteiger partial charge < -0.3 is 14.8 Å². The smallest absolute Gasteiger partial charge is 0.306 e. The first-order valence-corrected chi connectivity index (χ1v) is 17.3. The molecule has 3 N–H and O–H groups in total. The van der Waals surface area contributed by atoms with E-state index in [4.69, 9.17) is 4.43 Å². The molecular weight excluding hydrogens is 496 g/mol. The van der Waals surface area contributed by atoms with E-state index in [2.05, 4.69) is 43.9 Å². The van der Waals surface area contributed by atoms with Crippen LogP contribution in [0.15, 0.2) is 24.3 Å². The van der Waals surface area contributed by atoms with Gasteiger partial charge in [0.05, 0.1) is 23.8 Å². The second kappa shape index (κ2) is 13.1. The molecule has 1 aromatic carbocycles. The van der Waals surface area contributed by atoms with Gasteiger partial charge in [-0.2, -0.15) is 0 Å². The van der Waals surface area contributed by atoms with E-state index in [0.717, 1.165) is 0 Å². The van der Waals surface area contributed by atoms with Crippen LogP contribution in [0.2, 0.25) is 18.1 Å². The number of aliphatic carboxylic acids is 1. The summed E-state index contributed by atoms with van der Waals surface area (Å²) in [6, 6.07) is 5.97. The number of hydrogen-bond donors (Lipinski definition) is 3. The van der Waals surface area contributed by atoms with Crippen molar-refractivity contribution >= 4 is 35.9 Å². The Morgan fingerprint density at radius 2 is 1.72 bits per heavy atom. The topological polar surface area (TPSA) is 122 Å². The first-order chi connectivity index (χ1) is 16.4. The average molecular weight is 543 g/mol. The van der Waals surface area contributed by atoms with Crippen LogP contribution in [-0.4, -0.2) is 51.6 Å². The van der Waals surface area contributed by atoms with E-state index in [-0.39, 0.29) is 29.0 Å². The molecule has 0 saturated heterocycles. The van der Waals surface area contributed by atoms with Gasteiger partial charge in [0.15, 0.2) is 8.32 Å². The lowest BCUT2D eigenvalue weighted by Crippen LogP contribution is -2.53. The largest absolute Gasteiger partial charge is 0.481 e. The number of sulfonamides is 1. The Bertz CT molecular complexity index is 988. The van der Waals surface area contributed by atoms with E-state index in [9.17, 15) is 23.1 Å². The minimum Gasteiger partial charge on any atom is -0.481 e. The molecule has 36 heavy (non-hydrogen) atoms. The summed E-state index contributed by atoms with van der Waals surface area (Å²) in [5.41, 5.74) is 0.642. The van der Waals surface area contributed by atoms with Gasteiger partial charge in [-0.15, -0.1) is 0 Å². The van der Waals surface area contributed by atoms with Gasteiger partial charge in [0.2, 0.25) is 10.0 Å². The van der Waals surface area contributed by atoms with Crippen LogP contribution in [0, 0.1) is 11.8 Å². The summed E-state index contributed by atoms with van der Waals surface area (Å²) >= 11 is 0. The molecule has 0 fully saturated rings. The molecule has 0 unspecified atom stereocenters. The maximum Gasteiger partial charge on any atom is 0.306 e. The number of rotatable bonds is 14. The van der Waals surface area contributed by atoms with E-state index in [1.165, 1.54) is 6.07 Å². The predicted molar refractivity (Wildman–Crippen MR) is 148 cm³/mol. The molecule has 0 aliphatic heterocycles. The van der Waals surface area contributed by atoms with Crippen molar-refractivity contribution in [3.63, 3.8) is 0 Å². The number of anilines is 1. The zero-order valence-electron chi connectivity index (χ0n) is 23.3. The molecule has 0 saturated carbocycles. The molecule has 206 valence electrons. The Kier molecular flexibility index (Phi) is 11.6. The van der Waals surface area contributed by atoms with Gasteiger partial charge in [0.25, 0.3) is 5.91 Å². The van der Waals surface area contributed by atoms with E-state index >= 15 is 0 Å². The fraction of sp³-hybridized carbons (Fsp3) is 0.692. The molecule has 0 spiro atoms. The Hall–Kier alpha value is -1.91.